The number of hydrogen-bond acceptors (Lipinski definition) is 5. The van der Waals surface area contributed by atoms with Gasteiger partial charge in [0.2, 0.25) is 0 Å². The molecule has 0 amide bonds. The van der Waals surface area contributed by atoms with E-state index < -0.39 is 21.1 Å². The number of hydrogen-bond donors (Lipinski definition) is 1. The molecule has 3 rings (SSSR count). The molecular weight excluding hydrogens is 445 g/mol. The lowest BCUT2D eigenvalue weighted by Gasteiger charge is -2.38. The molecule has 1 heterocycles. The van der Waals surface area contributed by atoms with Gasteiger partial charge in [0.15, 0.2) is 8.32 Å². The first-order valence-electron chi connectivity index (χ1n) is 11.7. The van der Waals surface area contributed by atoms with Crippen molar-refractivity contribution in [3.8, 4) is 17.0 Å². The van der Waals surface area contributed by atoms with Crippen molar-refractivity contribution < 1.29 is 13.6 Å². The number of fused-ring (bicyclic) bond motifs is 1. The third-order valence-corrected chi connectivity index (χ3v) is 11.1. The monoisotopic (exact) mass is 483 g/mol. The fourth-order valence-electron chi connectivity index (χ4n) is 3.45. The highest BCUT2D eigenvalue weighted by atomic mass is 28.4. The zero-order chi connectivity index (χ0) is 25.1. The number of anilines is 2. The Morgan fingerprint density at radius 1 is 1.06 bits per heavy atom. The average molecular weight is 484 g/mol. The molecule has 0 aliphatic heterocycles. The van der Waals surface area contributed by atoms with Crippen molar-refractivity contribution >= 4 is 30.6 Å². The standard InChI is InChI=1S/C27H38FN3O2Si/c1-27(2,3)34(7,8)33-22(17-28)18-32-26-16-20(10-13-25(26)29-4)23-12-9-19-15-21(31(5)6)11-14-24(19)30-23/h9-16,22,29H,17-18H2,1-8H3. The van der Waals surface area contributed by atoms with Crippen LogP contribution < -0.4 is 15.0 Å². The summed E-state index contributed by atoms with van der Waals surface area (Å²) >= 11 is 0. The van der Waals surface area contributed by atoms with E-state index in [-0.39, 0.29) is 11.6 Å². The largest absolute Gasteiger partial charge is 0.489 e. The van der Waals surface area contributed by atoms with E-state index in [9.17, 15) is 4.39 Å². The lowest BCUT2D eigenvalue weighted by atomic mass is 10.1. The molecule has 0 aliphatic rings. The van der Waals surface area contributed by atoms with E-state index >= 15 is 0 Å². The van der Waals surface area contributed by atoms with Crippen molar-refractivity contribution in [2.45, 2.75) is 45.0 Å². The van der Waals surface area contributed by atoms with Gasteiger partial charge in [-0.25, -0.2) is 9.37 Å². The Morgan fingerprint density at radius 2 is 1.79 bits per heavy atom. The Labute approximate surface area is 204 Å². The summed E-state index contributed by atoms with van der Waals surface area (Å²) in [4.78, 5) is 6.93. The minimum absolute atomic E-state index is 0.00549. The van der Waals surface area contributed by atoms with Gasteiger partial charge in [0, 0.05) is 37.8 Å². The summed E-state index contributed by atoms with van der Waals surface area (Å²) in [6.45, 7) is 10.3. The zero-order valence-corrected chi connectivity index (χ0v) is 22.7. The normalized spacial score (nSPS) is 13.1. The van der Waals surface area contributed by atoms with Gasteiger partial charge in [-0.1, -0.05) is 32.9 Å². The van der Waals surface area contributed by atoms with Gasteiger partial charge in [0.25, 0.3) is 0 Å². The minimum Gasteiger partial charge on any atom is -0.489 e. The van der Waals surface area contributed by atoms with Gasteiger partial charge >= 0.3 is 0 Å². The molecule has 0 aliphatic carbocycles. The van der Waals surface area contributed by atoms with Crippen molar-refractivity contribution in [3.63, 3.8) is 0 Å². The summed E-state index contributed by atoms with van der Waals surface area (Å²) in [7, 11) is 3.80. The Bertz CT molecular complexity index is 1130. The topological polar surface area (TPSA) is 46.6 Å². The minimum atomic E-state index is -2.10. The van der Waals surface area contributed by atoms with E-state index in [0.717, 1.165) is 33.5 Å². The molecule has 184 valence electrons. The number of rotatable bonds is 9. The first-order chi connectivity index (χ1) is 15.9. The van der Waals surface area contributed by atoms with Crippen molar-refractivity contribution in [1.82, 2.24) is 4.98 Å². The lowest BCUT2D eigenvalue weighted by molar-refractivity contribution is 0.0923. The van der Waals surface area contributed by atoms with Gasteiger partial charge in [0.1, 0.15) is 25.1 Å². The number of benzene rings is 2. The molecule has 0 spiro atoms. The number of halogens is 1. The fraction of sp³-hybridized carbons (Fsp3) is 0.444. The summed E-state index contributed by atoms with van der Waals surface area (Å²) in [5, 5.41) is 4.25. The van der Waals surface area contributed by atoms with Crippen LogP contribution in [0.5, 0.6) is 5.75 Å². The first-order valence-corrected chi connectivity index (χ1v) is 14.6. The predicted octanol–water partition coefficient (Wildman–Crippen LogP) is 6.75. The molecule has 3 aromatic rings. The summed E-state index contributed by atoms with van der Waals surface area (Å²) < 4.78 is 26.2. The number of alkyl halides is 1. The molecule has 2 aromatic carbocycles. The van der Waals surface area contributed by atoms with E-state index in [0.29, 0.717) is 5.75 Å². The van der Waals surface area contributed by atoms with Crippen LogP contribution in [0, 0.1) is 0 Å². The van der Waals surface area contributed by atoms with E-state index in [1.54, 1.807) is 0 Å². The molecule has 1 N–H and O–H groups in total. The van der Waals surface area contributed by atoms with E-state index in [1.807, 2.05) is 51.5 Å². The Balaban J connectivity index is 1.83. The first kappa shape index (κ1) is 26.0. The third kappa shape index (κ3) is 5.88. The van der Waals surface area contributed by atoms with Crippen LogP contribution in [0.15, 0.2) is 48.5 Å². The van der Waals surface area contributed by atoms with Gasteiger partial charge in [-0.15, -0.1) is 0 Å². The molecular formula is C27H38FN3O2Si. The van der Waals surface area contributed by atoms with Crippen LogP contribution in [0.3, 0.4) is 0 Å². The number of pyridine rings is 1. The average Bonchev–Trinajstić information content (AvgIpc) is 2.79. The van der Waals surface area contributed by atoms with E-state index in [4.69, 9.17) is 14.1 Å². The Kier molecular flexibility index (Phi) is 7.88. The molecule has 0 saturated carbocycles. The molecule has 0 fully saturated rings. The van der Waals surface area contributed by atoms with Crippen molar-refractivity contribution in [1.29, 1.82) is 0 Å². The van der Waals surface area contributed by atoms with Crippen LogP contribution in [0.25, 0.3) is 22.2 Å². The number of ether oxygens (including phenoxy) is 1. The van der Waals surface area contributed by atoms with Gasteiger partial charge in [-0.05, 0) is 54.5 Å². The van der Waals surface area contributed by atoms with Crippen LogP contribution in [-0.4, -0.2) is 53.8 Å². The molecule has 1 atom stereocenters. The summed E-state index contributed by atoms with van der Waals surface area (Å²) in [5.41, 5.74) is 4.71. The maximum atomic E-state index is 13.8. The number of aromatic nitrogens is 1. The van der Waals surface area contributed by atoms with Crippen LogP contribution in [0.1, 0.15) is 20.8 Å². The van der Waals surface area contributed by atoms with Gasteiger partial charge in [-0.3, -0.25) is 0 Å². The fourth-order valence-corrected chi connectivity index (χ4v) is 4.76. The van der Waals surface area contributed by atoms with E-state index in [1.165, 1.54) is 0 Å². The molecule has 5 nitrogen and oxygen atoms in total. The second kappa shape index (κ2) is 10.3. The third-order valence-electron chi connectivity index (χ3n) is 6.60. The highest BCUT2D eigenvalue weighted by molar-refractivity contribution is 6.74. The molecule has 7 heteroatoms. The van der Waals surface area contributed by atoms with Crippen LogP contribution in [0.2, 0.25) is 18.1 Å². The van der Waals surface area contributed by atoms with E-state index in [2.05, 4.69) is 62.3 Å². The van der Waals surface area contributed by atoms with Crippen LogP contribution >= 0.6 is 0 Å². The zero-order valence-electron chi connectivity index (χ0n) is 21.7. The number of nitrogens with zero attached hydrogens (tertiary/aromatic N) is 2. The smallest absolute Gasteiger partial charge is 0.192 e. The molecule has 0 saturated heterocycles. The summed E-state index contributed by atoms with van der Waals surface area (Å²) in [6, 6.07) is 16.3. The molecule has 0 radical (unpaired) electrons. The van der Waals surface area contributed by atoms with Crippen molar-refractivity contribution in [2.75, 3.05) is 44.6 Å². The van der Waals surface area contributed by atoms with Gasteiger partial charge in [-0.2, -0.15) is 0 Å². The maximum absolute atomic E-state index is 13.8. The SMILES string of the molecule is CNc1ccc(-c2ccc3cc(N(C)C)ccc3n2)cc1OCC(CF)O[Si](C)(C)C(C)(C)C. The quantitative estimate of drug-likeness (QED) is 0.341. The predicted molar refractivity (Wildman–Crippen MR) is 145 cm³/mol. The molecule has 1 unspecified atom stereocenters. The molecule has 1 aromatic heterocycles. The van der Waals surface area contributed by atoms with Crippen molar-refractivity contribution in [2.24, 2.45) is 0 Å². The second-order valence-corrected chi connectivity index (χ2v) is 15.2. The molecule has 34 heavy (non-hydrogen) atoms. The Morgan fingerprint density at radius 3 is 2.41 bits per heavy atom. The molecule has 0 bridgehead atoms. The van der Waals surface area contributed by atoms with Gasteiger partial charge < -0.3 is 19.4 Å². The lowest BCUT2D eigenvalue weighted by Crippen LogP contribution is -2.46. The van der Waals surface area contributed by atoms with Crippen LogP contribution in [-0.2, 0) is 4.43 Å². The highest BCUT2D eigenvalue weighted by Crippen LogP contribution is 2.38. The van der Waals surface area contributed by atoms with Crippen molar-refractivity contribution in [3.05, 3.63) is 48.5 Å². The second-order valence-electron chi connectivity index (χ2n) is 10.4. The highest BCUT2D eigenvalue weighted by Gasteiger charge is 2.39. The Hall–Kier alpha value is -2.64. The number of nitrogens with one attached hydrogen (secondary N) is 1. The summed E-state index contributed by atoms with van der Waals surface area (Å²) in [6.07, 6.45) is -0.598. The van der Waals surface area contributed by atoms with Gasteiger partial charge in [0.05, 0.1) is 16.9 Å². The summed E-state index contributed by atoms with van der Waals surface area (Å²) in [5.74, 6) is 0.655. The van der Waals surface area contributed by atoms with Crippen LogP contribution in [0.4, 0.5) is 15.8 Å². The maximum Gasteiger partial charge on any atom is 0.192 e.